The second-order valence-electron chi connectivity index (χ2n) is 5.13. The van der Waals surface area contributed by atoms with Crippen LogP contribution in [0.2, 0.25) is 0 Å². The minimum absolute atomic E-state index is 0.287. The van der Waals surface area contributed by atoms with Gasteiger partial charge in [0.25, 0.3) is 5.56 Å². The fourth-order valence-electron chi connectivity index (χ4n) is 2.42. The SMILES string of the molecule is CC(NC(=O)O)c1nc2ncccc2c(=O)n1-c1ccc(I)cc1. The molecule has 2 N–H and O–H groups in total. The predicted molar refractivity (Wildman–Crippen MR) is 97.4 cm³/mol. The van der Waals surface area contributed by atoms with Gasteiger partial charge in [0.05, 0.1) is 17.1 Å². The number of nitrogens with one attached hydrogen (secondary N) is 1. The standard InChI is InChI=1S/C16H13IN4O3/c1-9(19-16(23)24)14-20-13-12(3-2-8-18-13)15(22)21(14)11-6-4-10(17)5-7-11/h2-9,19H,1H3,(H,23,24). The summed E-state index contributed by atoms with van der Waals surface area (Å²) < 4.78 is 2.44. The summed E-state index contributed by atoms with van der Waals surface area (Å²) in [5, 5.41) is 11.7. The van der Waals surface area contributed by atoms with E-state index in [-0.39, 0.29) is 11.4 Å². The molecule has 0 saturated heterocycles. The molecule has 2 aromatic heterocycles. The minimum atomic E-state index is -1.19. The smallest absolute Gasteiger partial charge is 0.405 e. The van der Waals surface area contributed by atoms with Crippen molar-refractivity contribution in [2.75, 3.05) is 0 Å². The summed E-state index contributed by atoms with van der Waals surface area (Å²) in [6.45, 7) is 1.63. The Balaban J connectivity index is 2.31. The number of benzene rings is 1. The van der Waals surface area contributed by atoms with Gasteiger partial charge in [0, 0.05) is 9.77 Å². The van der Waals surface area contributed by atoms with Crippen LogP contribution in [0.15, 0.2) is 47.4 Å². The van der Waals surface area contributed by atoms with Crippen LogP contribution in [-0.4, -0.2) is 25.7 Å². The van der Waals surface area contributed by atoms with Crippen LogP contribution in [0.5, 0.6) is 0 Å². The first kappa shape index (κ1) is 16.4. The Bertz CT molecular complexity index is 969. The quantitative estimate of drug-likeness (QED) is 0.616. The van der Waals surface area contributed by atoms with Crippen LogP contribution in [0.1, 0.15) is 18.8 Å². The van der Waals surface area contributed by atoms with Gasteiger partial charge in [-0.1, -0.05) is 0 Å². The number of carboxylic acid groups (broad SMARTS) is 1. The molecule has 0 saturated carbocycles. The first-order valence-electron chi connectivity index (χ1n) is 7.10. The number of carbonyl (C=O) groups is 1. The molecule has 3 aromatic rings. The molecule has 0 bridgehead atoms. The zero-order chi connectivity index (χ0) is 17.3. The predicted octanol–water partition coefficient (Wildman–Crippen LogP) is 2.71. The molecular weight excluding hydrogens is 423 g/mol. The monoisotopic (exact) mass is 436 g/mol. The Hall–Kier alpha value is -2.49. The van der Waals surface area contributed by atoms with Crippen molar-refractivity contribution in [1.82, 2.24) is 19.9 Å². The van der Waals surface area contributed by atoms with Crippen molar-refractivity contribution in [3.63, 3.8) is 0 Å². The van der Waals surface area contributed by atoms with Crippen molar-refractivity contribution in [2.45, 2.75) is 13.0 Å². The summed E-state index contributed by atoms with van der Waals surface area (Å²) in [6.07, 6.45) is 0.357. The highest BCUT2D eigenvalue weighted by molar-refractivity contribution is 14.1. The zero-order valence-corrected chi connectivity index (χ0v) is 14.8. The summed E-state index contributed by atoms with van der Waals surface area (Å²) in [7, 11) is 0. The van der Waals surface area contributed by atoms with Crippen LogP contribution in [-0.2, 0) is 0 Å². The molecule has 0 aliphatic heterocycles. The Kier molecular flexibility index (Phi) is 4.47. The molecule has 0 radical (unpaired) electrons. The Morgan fingerprint density at radius 2 is 2.00 bits per heavy atom. The van der Waals surface area contributed by atoms with E-state index in [1.165, 1.54) is 4.57 Å². The highest BCUT2D eigenvalue weighted by Crippen LogP contribution is 2.18. The molecule has 7 nitrogen and oxygen atoms in total. The van der Waals surface area contributed by atoms with E-state index in [0.29, 0.717) is 16.7 Å². The molecule has 3 rings (SSSR count). The first-order valence-corrected chi connectivity index (χ1v) is 8.18. The van der Waals surface area contributed by atoms with E-state index < -0.39 is 12.1 Å². The third-order valence-corrected chi connectivity index (χ3v) is 4.20. The van der Waals surface area contributed by atoms with Gasteiger partial charge >= 0.3 is 6.09 Å². The molecule has 8 heteroatoms. The first-order chi connectivity index (χ1) is 11.5. The van der Waals surface area contributed by atoms with Gasteiger partial charge in [-0.2, -0.15) is 0 Å². The van der Waals surface area contributed by atoms with Crippen LogP contribution in [0.25, 0.3) is 16.7 Å². The molecule has 0 aliphatic carbocycles. The number of fused-ring (bicyclic) bond motifs is 1. The molecule has 0 spiro atoms. The van der Waals surface area contributed by atoms with Crippen LogP contribution in [0, 0.1) is 3.57 Å². The number of nitrogens with zero attached hydrogens (tertiary/aromatic N) is 3. The molecule has 1 atom stereocenters. The van der Waals surface area contributed by atoms with Crippen molar-refractivity contribution in [1.29, 1.82) is 0 Å². The van der Waals surface area contributed by atoms with Crippen molar-refractivity contribution in [3.05, 3.63) is 62.3 Å². The number of pyridine rings is 1. The van der Waals surface area contributed by atoms with Gasteiger partial charge in [0.2, 0.25) is 0 Å². The molecule has 0 fully saturated rings. The number of aromatic nitrogens is 3. The average molecular weight is 436 g/mol. The van der Waals surface area contributed by atoms with Crippen molar-refractivity contribution >= 4 is 39.7 Å². The molecule has 1 unspecified atom stereocenters. The van der Waals surface area contributed by atoms with Gasteiger partial charge < -0.3 is 10.4 Å². The van der Waals surface area contributed by atoms with E-state index in [9.17, 15) is 9.59 Å². The summed E-state index contributed by atoms with van der Waals surface area (Å²) in [6, 6.07) is 9.97. The van der Waals surface area contributed by atoms with Crippen molar-refractivity contribution < 1.29 is 9.90 Å². The Morgan fingerprint density at radius 3 is 2.67 bits per heavy atom. The maximum absolute atomic E-state index is 12.9. The molecular formula is C16H13IN4O3. The van der Waals surface area contributed by atoms with E-state index in [4.69, 9.17) is 5.11 Å². The largest absolute Gasteiger partial charge is 0.465 e. The topological polar surface area (TPSA) is 97.1 Å². The lowest BCUT2D eigenvalue weighted by Crippen LogP contribution is -2.32. The van der Waals surface area contributed by atoms with Gasteiger partial charge in [0.1, 0.15) is 5.82 Å². The highest BCUT2D eigenvalue weighted by Gasteiger charge is 2.19. The molecule has 24 heavy (non-hydrogen) atoms. The lowest BCUT2D eigenvalue weighted by atomic mass is 10.2. The Morgan fingerprint density at radius 1 is 1.29 bits per heavy atom. The van der Waals surface area contributed by atoms with E-state index in [1.807, 2.05) is 12.1 Å². The van der Waals surface area contributed by atoms with Crippen LogP contribution >= 0.6 is 22.6 Å². The van der Waals surface area contributed by atoms with Crippen molar-refractivity contribution in [3.8, 4) is 5.69 Å². The van der Waals surface area contributed by atoms with E-state index in [1.54, 1.807) is 37.4 Å². The molecule has 2 heterocycles. The number of hydrogen-bond acceptors (Lipinski definition) is 4. The molecule has 1 aromatic carbocycles. The second kappa shape index (κ2) is 6.56. The zero-order valence-electron chi connectivity index (χ0n) is 12.6. The number of rotatable bonds is 3. The van der Waals surface area contributed by atoms with E-state index in [2.05, 4.69) is 37.9 Å². The summed E-state index contributed by atoms with van der Waals surface area (Å²) in [5.74, 6) is 0.287. The molecule has 122 valence electrons. The Labute approximate surface area is 150 Å². The van der Waals surface area contributed by atoms with E-state index in [0.717, 1.165) is 3.57 Å². The van der Waals surface area contributed by atoms with Crippen LogP contribution in [0.4, 0.5) is 4.79 Å². The van der Waals surface area contributed by atoms with Gasteiger partial charge in [-0.05, 0) is 65.9 Å². The van der Waals surface area contributed by atoms with Crippen LogP contribution < -0.4 is 10.9 Å². The number of halogens is 1. The lowest BCUT2D eigenvalue weighted by Gasteiger charge is -2.18. The minimum Gasteiger partial charge on any atom is -0.465 e. The normalized spacial score (nSPS) is 12.1. The average Bonchev–Trinajstić information content (AvgIpc) is 2.55. The summed E-state index contributed by atoms with van der Waals surface area (Å²) >= 11 is 2.17. The summed E-state index contributed by atoms with van der Waals surface area (Å²) in [4.78, 5) is 32.4. The van der Waals surface area contributed by atoms with Gasteiger partial charge in [-0.3, -0.25) is 9.36 Å². The fraction of sp³-hybridized carbons (Fsp3) is 0.125. The van der Waals surface area contributed by atoms with Crippen molar-refractivity contribution in [2.24, 2.45) is 0 Å². The molecule has 0 aliphatic rings. The van der Waals surface area contributed by atoms with Gasteiger partial charge in [-0.25, -0.2) is 14.8 Å². The van der Waals surface area contributed by atoms with Gasteiger partial charge in [0.15, 0.2) is 5.65 Å². The van der Waals surface area contributed by atoms with E-state index >= 15 is 0 Å². The lowest BCUT2D eigenvalue weighted by molar-refractivity contribution is 0.190. The highest BCUT2D eigenvalue weighted by atomic mass is 127. The fourth-order valence-corrected chi connectivity index (χ4v) is 2.78. The second-order valence-corrected chi connectivity index (χ2v) is 6.38. The maximum atomic E-state index is 12.9. The number of amides is 1. The third-order valence-electron chi connectivity index (χ3n) is 3.48. The molecule has 1 amide bonds. The maximum Gasteiger partial charge on any atom is 0.405 e. The summed E-state index contributed by atoms with van der Waals surface area (Å²) in [5.41, 5.74) is 0.620. The third kappa shape index (κ3) is 3.09. The van der Waals surface area contributed by atoms with Gasteiger partial charge in [-0.15, -0.1) is 0 Å². The number of hydrogen-bond donors (Lipinski definition) is 2. The van der Waals surface area contributed by atoms with Crippen LogP contribution in [0.3, 0.4) is 0 Å².